The van der Waals surface area contributed by atoms with Crippen LogP contribution in [0.2, 0.25) is 0 Å². The Morgan fingerprint density at radius 1 is 1.12 bits per heavy atom. The average Bonchev–Trinajstić information content (AvgIpc) is 3.19. The first-order valence-electron chi connectivity index (χ1n) is 11.6. The Kier molecular flexibility index (Phi) is 6.37. The lowest BCUT2D eigenvalue weighted by molar-refractivity contribution is -0.131. The van der Waals surface area contributed by atoms with E-state index >= 15 is 0 Å². The molecule has 0 saturated carbocycles. The van der Waals surface area contributed by atoms with E-state index in [0.29, 0.717) is 56.0 Å². The number of hydrogen-bond donors (Lipinski definition) is 0. The van der Waals surface area contributed by atoms with Gasteiger partial charge in [-0.15, -0.1) is 0 Å². The Morgan fingerprint density at radius 2 is 1.85 bits per heavy atom. The first-order chi connectivity index (χ1) is 15.7. The number of carbonyl (C=O) groups is 2. The normalized spacial score (nSPS) is 19.9. The van der Waals surface area contributed by atoms with Crippen LogP contribution in [0.15, 0.2) is 42.5 Å². The van der Waals surface area contributed by atoms with Crippen LogP contribution in [-0.4, -0.2) is 49.0 Å². The smallest absolute Gasteiger partial charge is 0.222 e. The zero-order chi connectivity index (χ0) is 23.6. The first kappa shape index (κ1) is 23.1. The second-order valence-corrected chi connectivity index (χ2v) is 10.0. The van der Waals surface area contributed by atoms with Crippen molar-refractivity contribution in [2.75, 3.05) is 26.8 Å². The highest BCUT2D eigenvalue weighted by atomic mass is 16.5. The molecule has 0 N–H and O–H groups in total. The van der Waals surface area contributed by atoms with Gasteiger partial charge in [-0.1, -0.05) is 32.9 Å². The Hall–Kier alpha value is -3.02. The minimum Gasteiger partial charge on any atom is -0.497 e. The molecule has 6 heteroatoms. The molecule has 2 aromatic carbocycles. The average molecular weight is 452 g/mol. The molecule has 2 aliphatic rings. The Labute approximate surface area is 195 Å². The molecule has 1 fully saturated rings. The van der Waals surface area contributed by atoms with Crippen molar-refractivity contribution in [3.63, 3.8) is 0 Å². The van der Waals surface area contributed by atoms with Crippen LogP contribution in [0.1, 0.15) is 62.4 Å². The largest absolute Gasteiger partial charge is 0.497 e. The molecule has 2 aliphatic heterocycles. The van der Waals surface area contributed by atoms with Gasteiger partial charge in [0.2, 0.25) is 5.91 Å². The first-order valence-corrected chi connectivity index (χ1v) is 11.6. The molecule has 176 valence electrons. The van der Waals surface area contributed by atoms with Crippen molar-refractivity contribution >= 4 is 11.7 Å². The van der Waals surface area contributed by atoms with Crippen molar-refractivity contribution in [1.82, 2.24) is 4.90 Å². The van der Waals surface area contributed by atoms with E-state index in [2.05, 4.69) is 32.9 Å². The third-order valence-electron chi connectivity index (χ3n) is 6.49. The maximum Gasteiger partial charge on any atom is 0.222 e. The van der Waals surface area contributed by atoms with Crippen molar-refractivity contribution in [2.45, 2.75) is 57.5 Å². The van der Waals surface area contributed by atoms with Crippen molar-refractivity contribution in [3.8, 4) is 17.2 Å². The number of rotatable bonds is 6. The third kappa shape index (κ3) is 5.15. The van der Waals surface area contributed by atoms with Gasteiger partial charge in [0.25, 0.3) is 0 Å². The zero-order valence-corrected chi connectivity index (χ0v) is 20.0. The zero-order valence-electron chi connectivity index (χ0n) is 20.0. The number of methoxy groups -OCH3 is 1. The van der Waals surface area contributed by atoms with Crippen molar-refractivity contribution in [3.05, 3.63) is 53.6 Å². The minimum absolute atomic E-state index is 0.0373. The molecule has 1 spiro atoms. The van der Waals surface area contributed by atoms with E-state index in [1.54, 1.807) is 25.3 Å². The second-order valence-electron chi connectivity index (χ2n) is 10.0. The van der Waals surface area contributed by atoms with Gasteiger partial charge in [-0.3, -0.25) is 9.59 Å². The minimum atomic E-state index is -0.625. The molecule has 33 heavy (non-hydrogen) atoms. The van der Waals surface area contributed by atoms with E-state index in [0.717, 1.165) is 5.75 Å². The lowest BCUT2D eigenvalue weighted by atomic mass is 9.87. The number of carbonyl (C=O) groups excluding carboxylic acids is 2. The number of Topliss-reactive ketones (excluding diaryl/α,β-unsaturated/α-hetero) is 1. The molecule has 0 radical (unpaired) electrons. The van der Waals surface area contributed by atoms with Crippen LogP contribution in [0, 0.1) is 0 Å². The molecule has 0 aromatic heterocycles. The quantitative estimate of drug-likeness (QED) is 0.591. The fourth-order valence-corrected chi connectivity index (χ4v) is 4.51. The van der Waals surface area contributed by atoms with Gasteiger partial charge in [-0.25, -0.2) is 0 Å². The highest BCUT2D eigenvalue weighted by Crippen LogP contribution is 2.40. The van der Waals surface area contributed by atoms with Crippen LogP contribution in [0.4, 0.5) is 0 Å². The number of amides is 1. The summed E-state index contributed by atoms with van der Waals surface area (Å²) >= 11 is 0. The number of hydrogen-bond acceptors (Lipinski definition) is 5. The maximum atomic E-state index is 12.8. The van der Waals surface area contributed by atoms with Gasteiger partial charge in [0.05, 0.1) is 32.2 Å². The predicted molar refractivity (Wildman–Crippen MR) is 126 cm³/mol. The number of benzene rings is 2. The van der Waals surface area contributed by atoms with E-state index in [-0.39, 0.29) is 23.5 Å². The lowest BCUT2D eigenvalue weighted by Gasteiger charge is -2.34. The summed E-state index contributed by atoms with van der Waals surface area (Å²) in [5, 5.41) is 0. The summed E-state index contributed by atoms with van der Waals surface area (Å²) in [7, 11) is 1.57. The summed E-state index contributed by atoms with van der Waals surface area (Å²) < 4.78 is 17.3. The van der Waals surface area contributed by atoms with E-state index in [1.165, 1.54) is 5.56 Å². The Bertz CT molecular complexity index is 1020. The predicted octanol–water partition coefficient (Wildman–Crippen LogP) is 4.79. The van der Waals surface area contributed by atoms with Gasteiger partial charge in [0, 0.05) is 19.4 Å². The topological polar surface area (TPSA) is 65.1 Å². The van der Waals surface area contributed by atoms with Crippen LogP contribution >= 0.6 is 0 Å². The fourth-order valence-electron chi connectivity index (χ4n) is 4.51. The van der Waals surface area contributed by atoms with E-state index in [1.807, 2.05) is 17.0 Å². The summed E-state index contributed by atoms with van der Waals surface area (Å²) in [6, 6.07) is 13.4. The third-order valence-corrected chi connectivity index (χ3v) is 6.49. The maximum absolute atomic E-state index is 12.8. The van der Waals surface area contributed by atoms with Crippen LogP contribution in [-0.2, 0) is 10.2 Å². The number of ketones is 1. The number of fused-ring (bicyclic) bond motifs is 1. The van der Waals surface area contributed by atoms with Crippen molar-refractivity contribution < 1.29 is 23.8 Å². The van der Waals surface area contributed by atoms with Crippen LogP contribution < -0.4 is 14.2 Å². The number of ether oxygens (including phenoxy) is 3. The Morgan fingerprint density at radius 3 is 2.55 bits per heavy atom. The summed E-state index contributed by atoms with van der Waals surface area (Å²) in [6.07, 6.45) is 2.00. The van der Waals surface area contributed by atoms with E-state index in [4.69, 9.17) is 14.2 Å². The van der Waals surface area contributed by atoms with E-state index < -0.39 is 5.60 Å². The Balaban J connectivity index is 1.26. The highest BCUT2D eigenvalue weighted by Gasteiger charge is 2.46. The second kappa shape index (κ2) is 9.08. The molecule has 2 heterocycles. The van der Waals surface area contributed by atoms with Crippen LogP contribution in [0.5, 0.6) is 17.2 Å². The van der Waals surface area contributed by atoms with Gasteiger partial charge in [-0.2, -0.15) is 0 Å². The lowest BCUT2D eigenvalue weighted by Crippen LogP contribution is -2.45. The summed E-state index contributed by atoms with van der Waals surface area (Å²) in [6.45, 7) is 8.08. The molecular weight excluding hydrogens is 418 g/mol. The molecule has 1 amide bonds. The monoisotopic (exact) mass is 451 g/mol. The van der Waals surface area contributed by atoms with Crippen molar-refractivity contribution in [1.29, 1.82) is 0 Å². The SMILES string of the molecule is COc1ccc2c(c1)C(=O)CC1(CCN(C(=O)CCCOc3ccc(C(C)(C)C)cc3)C1)O2. The fraction of sp³-hybridized carbons (Fsp3) is 0.481. The molecule has 1 unspecified atom stereocenters. The van der Waals surface area contributed by atoms with E-state index in [9.17, 15) is 9.59 Å². The molecular formula is C27H33NO5. The molecule has 2 aromatic rings. The molecule has 0 aliphatic carbocycles. The molecule has 4 rings (SSSR count). The summed E-state index contributed by atoms with van der Waals surface area (Å²) in [5.41, 5.74) is 1.30. The number of likely N-dealkylation sites (tertiary alicyclic amines) is 1. The standard InChI is InChI=1S/C27H33NO5/c1-26(2,3)19-7-9-20(10-8-19)32-15-5-6-25(30)28-14-13-27(18-28)17-23(29)22-16-21(31-4)11-12-24(22)33-27/h7-12,16H,5-6,13-15,17-18H2,1-4H3. The van der Waals surface area contributed by atoms with Gasteiger partial charge >= 0.3 is 0 Å². The molecule has 1 saturated heterocycles. The van der Waals surface area contributed by atoms with Gasteiger partial charge in [0.15, 0.2) is 5.78 Å². The number of nitrogens with zero attached hydrogens (tertiary/aromatic N) is 1. The molecule has 0 bridgehead atoms. The van der Waals surface area contributed by atoms with Crippen LogP contribution in [0.3, 0.4) is 0 Å². The van der Waals surface area contributed by atoms with Crippen molar-refractivity contribution in [2.24, 2.45) is 0 Å². The van der Waals surface area contributed by atoms with Crippen LogP contribution in [0.25, 0.3) is 0 Å². The van der Waals surface area contributed by atoms with Gasteiger partial charge in [-0.05, 0) is 47.7 Å². The summed E-state index contributed by atoms with van der Waals surface area (Å²) in [5.74, 6) is 2.15. The molecule has 6 nitrogen and oxygen atoms in total. The highest BCUT2D eigenvalue weighted by molar-refractivity contribution is 6.01. The van der Waals surface area contributed by atoms with Gasteiger partial charge in [0.1, 0.15) is 22.8 Å². The molecule has 1 atom stereocenters. The summed E-state index contributed by atoms with van der Waals surface area (Å²) in [4.78, 5) is 27.3. The van der Waals surface area contributed by atoms with Gasteiger partial charge < -0.3 is 19.1 Å².